The minimum absolute atomic E-state index is 0.00324. The lowest BCUT2D eigenvalue weighted by molar-refractivity contribution is -0.128. The summed E-state index contributed by atoms with van der Waals surface area (Å²) in [5, 5.41) is 10.7. The predicted molar refractivity (Wildman–Crippen MR) is 166 cm³/mol. The Morgan fingerprint density at radius 3 is 2.44 bits per heavy atom. The largest absolute Gasteiger partial charge is 0.507 e. The van der Waals surface area contributed by atoms with E-state index in [1.54, 1.807) is 24.8 Å². The second-order valence-corrected chi connectivity index (χ2v) is 10.9. The first-order valence-electron chi connectivity index (χ1n) is 14.0. The normalized spacial score (nSPS) is 18.2. The maximum absolute atomic E-state index is 15.9. The zero-order valence-electron chi connectivity index (χ0n) is 25.2. The van der Waals surface area contributed by atoms with Gasteiger partial charge in [-0.2, -0.15) is 4.98 Å². The van der Waals surface area contributed by atoms with E-state index < -0.39 is 34.3 Å². The van der Waals surface area contributed by atoms with Crippen LogP contribution in [0.15, 0.2) is 64.1 Å². The van der Waals surface area contributed by atoms with Gasteiger partial charge in [0, 0.05) is 25.2 Å². The summed E-state index contributed by atoms with van der Waals surface area (Å²) in [4.78, 5) is 43.2. The van der Waals surface area contributed by atoms with Crippen LogP contribution in [0.5, 0.6) is 5.75 Å². The summed E-state index contributed by atoms with van der Waals surface area (Å²) in [6.07, 6.45) is 3.05. The van der Waals surface area contributed by atoms with E-state index in [-0.39, 0.29) is 40.8 Å². The maximum Gasteiger partial charge on any atom is 0.355 e. The number of carbonyl (C=O) groups excluding carboxylic acids is 1. The van der Waals surface area contributed by atoms with Crippen LogP contribution in [0.2, 0.25) is 0 Å². The molecule has 43 heavy (non-hydrogen) atoms. The van der Waals surface area contributed by atoms with Gasteiger partial charge in [0.15, 0.2) is 11.5 Å². The fraction of sp³-hybridized carbons (Fsp3) is 0.344. The molecule has 1 N–H and O–H groups in total. The highest BCUT2D eigenvalue weighted by Crippen LogP contribution is 2.37. The van der Waals surface area contributed by atoms with Crippen LogP contribution in [0.1, 0.15) is 41.5 Å². The number of piperazine rings is 1. The van der Waals surface area contributed by atoms with Crippen molar-refractivity contribution < 1.29 is 18.7 Å². The molecule has 0 radical (unpaired) electrons. The molecule has 226 valence electrons. The van der Waals surface area contributed by atoms with Gasteiger partial charge in [0.05, 0.1) is 22.3 Å². The smallest absolute Gasteiger partial charge is 0.355 e. The van der Waals surface area contributed by atoms with Crippen LogP contribution >= 0.6 is 0 Å². The predicted octanol–water partition coefficient (Wildman–Crippen LogP) is 5.55. The van der Waals surface area contributed by atoms with Gasteiger partial charge >= 0.3 is 5.69 Å². The highest BCUT2D eigenvalue weighted by atomic mass is 19.1. The van der Waals surface area contributed by atoms with Crippen LogP contribution in [-0.4, -0.2) is 62.3 Å². The van der Waals surface area contributed by atoms with Gasteiger partial charge in [-0.15, -0.1) is 0 Å². The topological polar surface area (TPSA) is 104 Å². The summed E-state index contributed by atoms with van der Waals surface area (Å²) in [6.45, 7) is 19.0. The number of halogens is 2. The van der Waals surface area contributed by atoms with Gasteiger partial charge in [0.1, 0.15) is 23.1 Å². The third-order valence-corrected chi connectivity index (χ3v) is 7.74. The van der Waals surface area contributed by atoms with Crippen LogP contribution < -0.4 is 10.6 Å². The van der Waals surface area contributed by atoms with E-state index in [1.807, 2.05) is 32.6 Å². The lowest BCUT2D eigenvalue weighted by atomic mass is 10.0. The Balaban J connectivity index is 2.14. The van der Waals surface area contributed by atoms with E-state index in [0.29, 0.717) is 30.1 Å². The molecule has 9 nitrogen and oxygen atoms in total. The average Bonchev–Trinajstić information content (AvgIpc) is 2.96. The fourth-order valence-corrected chi connectivity index (χ4v) is 5.46. The van der Waals surface area contributed by atoms with E-state index in [1.165, 1.54) is 22.8 Å². The number of benzene rings is 1. The molecule has 11 heteroatoms. The van der Waals surface area contributed by atoms with Crippen LogP contribution in [0, 0.1) is 17.6 Å². The van der Waals surface area contributed by atoms with Gasteiger partial charge in [-0.3, -0.25) is 9.79 Å². The number of fused-ring (bicyclic) bond motifs is 1. The number of phenolic OH excluding ortho intramolecular Hbond substituents is 1. The molecule has 1 amide bonds. The minimum Gasteiger partial charge on any atom is -0.507 e. The summed E-state index contributed by atoms with van der Waals surface area (Å²) in [7, 11) is 0. The van der Waals surface area contributed by atoms with Gasteiger partial charge in [-0.25, -0.2) is 23.1 Å². The molecule has 2 aromatic heterocycles. The van der Waals surface area contributed by atoms with Crippen LogP contribution in [0.4, 0.5) is 14.6 Å². The summed E-state index contributed by atoms with van der Waals surface area (Å²) in [6, 6.07) is 4.19. The molecule has 1 aliphatic heterocycles. The van der Waals surface area contributed by atoms with Crippen molar-refractivity contribution in [1.82, 2.24) is 19.4 Å². The first-order valence-corrected chi connectivity index (χ1v) is 14.0. The van der Waals surface area contributed by atoms with E-state index in [9.17, 15) is 19.1 Å². The van der Waals surface area contributed by atoms with E-state index >= 15 is 4.39 Å². The highest BCUT2D eigenvalue weighted by molar-refractivity contribution is 5.93. The Bertz CT molecular complexity index is 1720. The molecule has 0 spiro atoms. The summed E-state index contributed by atoms with van der Waals surface area (Å²) in [5.41, 5.74) is -0.109. The Hall–Kier alpha value is -4.67. The summed E-state index contributed by atoms with van der Waals surface area (Å²) >= 11 is 0. The number of hydrogen-bond acceptors (Lipinski definition) is 7. The highest BCUT2D eigenvalue weighted by Gasteiger charge is 2.34. The van der Waals surface area contributed by atoms with Gasteiger partial charge in [0.25, 0.3) is 0 Å². The van der Waals surface area contributed by atoms with Crippen LogP contribution in [0.25, 0.3) is 28.0 Å². The number of hydrogen-bond donors (Lipinski definition) is 1. The third-order valence-electron chi connectivity index (χ3n) is 7.74. The first-order chi connectivity index (χ1) is 20.4. The standard InChI is InChI=1S/C32H36F2N6O3/c1-9-18(5)29(27(35-8)17(3)4)40-31-21(14-23(34)28(36-31)26-22(33)12-11-13-24(26)41)30(37-32(40)43)39-16-19(6)38(15-20(39)7)25(42)10-2/h9-14,17,19-20,41H,2,8,15-16H2,1,3-7H3/b18-9-,29-27+/t19-,20+/m1/s1. The number of pyridine rings is 1. The number of rotatable bonds is 7. The SMILES string of the molecule is C=CC(=O)N1C[C@H](C)N(c2nc(=O)n(C(/C(C)=C\C)=C(/N=C)C(C)C)c3nc(-c4c(O)cccc4F)c(F)cc23)C[C@H]1C. The van der Waals surface area contributed by atoms with Crippen molar-refractivity contribution in [3.8, 4) is 17.0 Å². The molecule has 3 aromatic rings. The summed E-state index contributed by atoms with van der Waals surface area (Å²) < 4.78 is 32.1. The quantitative estimate of drug-likeness (QED) is 0.220. The number of anilines is 1. The Morgan fingerprint density at radius 2 is 1.86 bits per heavy atom. The van der Waals surface area contributed by atoms with Crippen molar-refractivity contribution in [3.05, 3.63) is 76.4 Å². The van der Waals surface area contributed by atoms with Crippen molar-refractivity contribution in [3.63, 3.8) is 0 Å². The van der Waals surface area contributed by atoms with Crippen molar-refractivity contribution in [2.24, 2.45) is 10.9 Å². The number of amides is 1. The van der Waals surface area contributed by atoms with Crippen LogP contribution in [-0.2, 0) is 4.79 Å². The Morgan fingerprint density at radius 1 is 1.16 bits per heavy atom. The molecule has 0 saturated carbocycles. The van der Waals surface area contributed by atoms with Crippen molar-refractivity contribution in [2.45, 2.75) is 53.6 Å². The molecule has 4 rings (SSSR count). The van der Waals surface area contributed by atoms with Gasteiger partial charge in [-0.1, -0.05) is 32.6 Å². The number of allylic oxidation sites excluding steroid dienone is 4. The molecular formula is C32H36F2N6O3. The third kappa shape index (κ3) is 5.59. The Labute approximate surface area is 249 Å². The molecular weight excluding hydrogens is 554 g/mol. The monoisotopic (exact) mass is 590 g/mol. The molecule has 3 heterocycles. The number of aromatic nitrogens is 3. The lowest BCUT2D eigenvalue weighted by Crippen LogP contribution is -2.58. The fourth-order valence-electron chi connectivity index (χ4n) is 5.46. The number of aliphatic imine (C=N–C) groups is 1. The van der Waals surface area contributed by atoms with Gasteiger partial charge < -0.3 is 14.9 Å². The molecule has 0 unspecified atom stereocenters. The molecule has 1 fully saturated rings. The molecule has 0 aliphatic carbocycles. The molecule has 1 aliphatic rings. The van der Waals surface area contributed by atoms with Gasteiger partial charge in [-0.05, 0) is 70.2 Å². The molecule has 1 aromatic carbocycles. The number of aromatic hydroxyl groups is 1. The second-order valence-electron chi connectivity index (χ2n) is 10.9. The molecule has 1 saturated heterocycles. The van der Waals surface area contributed by atoms with E-state index in [4.69, 9.17) is 0 Å². The first kappa shape index (κ1) is 31.3. The second kappa shape index (κ2) is 12.3. The lowest BCUT2D eigenvalue weighted by Gasteiger charge is -2.44. The van der Waals surface area contributed by atoms with E-state index in [0.717, 1.165) is 12.1 Å². The Kier molecular flexibility index (Phi) is 8.93. The van der Waals surface area contributed by atoms with E-state index in [2.05, 4.69) is 28.3 Å². The minimum atomic E-state index is -0.915. The van der Waals surface area contributed by atoms with Crippen molar-refractivity contribution in [2.75, 3.05) is 18.0 Å². The number of nitrogens with zero attached hydrogens (tertiary/aromatic N) is 6. The number of phenols is 1. The van der Waals surface area contributed by atoms with Crippen molar-refractivity contribution in [1.29, 1.82) is 0 Å². The number of carbonyl (C=O) groups is 1. The van der Waals surface area contributed by atoms with Crippen molar-refractivity contribution >= 4 is 35.2 Å². The average molecular weight is 591 g/mol. The zero-order valence-corrected chi connectivity index (χ0v) is 25.2. The zero-order chi connectivity index (χ0) is 31.7. The van der Waals surface area contributed by atoms with Crippen LogP contribution in [0.3, 0.4) is 0 Å². The summed E-state index contributed by atoms with van der Waals surface area (Å²) in [5.74, 6) is -2.51. The maximum atomic E-state index is 15.9. The molecule has 2 atom stereocenters. The van der Waals surface area contributed by atoms with Gasteiger partial charge in [0.2, 0.25) is 5.91 Å². The molecule has 0 bridgehead atoms.